The number of aromatic amines is 1. The van der Waals surface area contributed by atoms with Crippen LogP contribution in [0.3, 0.4) is 0 Å². The van der Waals surface area contributed by atoms with E-state index in [9.17, 15) is 0 Å². The highest BCUT2D eigenvalue weighted by Crippen LogP contribution is 2.19. The van der Waals surface area contributed by atoms with E-state index in [2.05, 4.69) is 15.1 Å². The zero-order chi connectivity index (χ0) is 11.5. The molecule has 0 aliphatic carbocycles. The van der Waals surface area contributed by atoms with Gasteiger partial charge in [-0.25, -0.2) is 4.98 Å². The average molecular weight is 236 g/mol. The van der Waals surface area contributed by atoms with Crippen molar-refractivity contribution in [3.8, 4) is 0 Å². The van der Waals surface area contributed by atoms with Crippen LogP contribution in [0.1, 0.15) is 5.56 Å². The van der Waals surface area contributed by atoms with Crippen LogP contribution in [0.4, 0.5) is 0 Å². The number of nitrogens with two attached hydrogens (primary N) is 1. The fourth-order valence-electron chi connectivity index (χ4n) is 1.34. The van der Waals surface area contributed by atoms with Crippen LogP contribution >= 0.6 is 11.8 Å². The van der Waals surface area contributed by atoms with Crippen molar-refractivity contribution >= 4 is 28.6 Å². The zero-order valence-electron chi connectivity index (χ0n) is 8.77. The van der Waals surface area contributed by atoms with Gasteiger partial charge >= 0.3 is 0 Å². The molecule has 0 unspecified atom stereocenters. The Hall–Kier alpha value is -1.69. The summed E-state index contributed by atoms with van der Waals surface area (Å²) in [4.78, 5) is 7.55. The first-order valence-electron chi connectivity index (χ1n) is 4.74. The lowest BCUT2D eigenvalue weighted by Gasteiger charge is -1.94. The molecule has 1 heterocycles. The SMILES string of the molecule is Cc1ccc2nc(SCC(N)=NO)[nH]c2c1. The first-order valence-corrected chi connectivity index (χ1v) is 5.73. The molecule has 1 aromatic heterocycles. The van der Waals surface area contributed by atoms with Gasteiger partial charge in [0.2, 0.25) is 0 Å². The molecule has 0 amide bonds. The Morgan fingerprint density at radius 2 is 2.44 bits per heavy atom. The number of rotatable bonds is 3. The van der Waals surface area contributed by atoms with E-state index in [1.807, 2.05) is 25.1 Å². The second-order valence-corrected chi connectivity index (χ2v) is 4.41. The van der Waals surface area contributed by atoms with E-state index in [0.717, 1.165) is 16.2 Å². The third kappa shape index (κ3) is 2.27. The number of aromatic nitrogens is 2. The van der Waals surface area contributed by atoms with Crippen molar-refractivity contribution in [3.63, 3.8) is 0 Å². The van der Waals surface area contributed by atoms with Crippen molar-refractivity contribution < 1.29 is 5.21 Å². The van der Waals surface area contributed by atoms with Crippen LogP contribution < -0.4 is 5.73 Å². The molecule has 0 aliphatic rings. The van der Waals surface area contributed by atoms with E-state index in [0.29, 0.717) is 5.75 Å². The largest absolute Gasteiger partial charge is 0.409 e. The van der Waals surface area contributed by atoms with E-state index in [4.69, 9.17) is 10.9 Å². The maximum Gasteiger partial charge on any atom is 0.166 e. The van der Waals surface area contributed by atoms with Gasteiger partial charge in [0.05, 0.1) is 16.8 Å². The Kier molecular flexibility index (Phi) is 3.00. The lowest BCUT2D eigenvalue weighted by atomic mass is 10.2. The van der Waals surface area contributed by atoms with Gasteiger partial charge in [0.15, 0.2) is 5.16 Å². The van der Waals surface area contributed by atoms with Gasteiger partial charge in [0.25, 0.3) is 0 Å². The molecule has 4 N–H and O–H groups in total. The summed E-state index contributed by atoms with van der Waals surface area (Å²) in [5.74, 6) is 0.594. The molecule has 0 atom stereocenters. The number of aryl methyl sites for hydroxylation is 1. The Morgan fingerprint density at radius 1 is 1.62 bits per heavy atom. The highest BCUT2D eigenvalue weighted by molar-refractivity contribution is 7.99. The molecule has 0 saturated heterocycles. The first-order chi connectivity index (χ1) is 7.69. The molecule has 6 heteroatoms. The Bertz CT molecular complexity index is 535. The number of fused-ring (bicyclic) bond motifs is 1. The summed E-state index contributed by atoms with van der Waals surface area (Å²) in [6.07, 6.45) is 0. The number of oxime groups is 1. The van der Waals surface area contributed by atoms with Crippen LogP contribution in [0.2, 0.25) is 0 Å². The van der Waals surface area contributed by atoms with E-state index in [1.54, 1.807) is 0 Å². The Labute approximate surface area is 96.7 Å². The first kappa shape index (κ1) is 10.8. The van der Waals surface area contributed by atoms with Crippen LogP contribution in [-0.2, 0) is 0 Å². The van der Waals surface area contributed by atoms with Crippen molar-refractivity contribution in [1.29, 1.82) is 0 Å². The van der Waals surface area contributed by atoms with Crippen LogP contribution in [0.25, 0.3) is 11.0 Å². The van der Waals surface area contributed by atoms with Crippen LogP contribution in [0.5, 0.6) is 0 Å². The summed E-state index contributed by atoms with van der Waals surface area (Å²) in [5.41, 5.74) is 8.49. The number of hydrogen-bond acceptors (Lipinski definition) is 4. The Morgan fingerprint density at radius 3 is 3.19 bits per heavy atom. The van der Waals surface area contributed by atoms with Gasteiger partial charge in [-0.1, -0.05) is 23.0 Å². The number of nitrogens with one attached hydrogen (secondary N) is 1. The molecule has 16 heavy (non-hydrogen) atoms. The number of nitrogens with zero attached hydrogens (tertiary/aromatic N) is 2. The number of hydrogen-bond donors (Lipinski definition) is 3. The summed E-state index contributed by atoms with van der Waals surface area (Å²) < 4.78 is 0. The minimum atomic E-state index is 0.182. The predicted octanol–water partition coefficient (Wildman–Crippen LogP) is 1.71. The summed E-state index contributed by atoms with van der Waals surface area (Å²) in [6.45, 7) is 2.03. The molecule has 0 spiro atoms. The van der Waals surface area contributed by atoms with Gasteiger partial charge in [-0.15, -0.1) is 0 Å². The predicted molar refractivity (Wildman–Crippen MR) is 65.0 cm³/mol. The van der Waals surface area contributed by atoms with E-state index in [1.165, 1.54) is 17.3 Å². The van der Waals surface area contributed by atoms with E-state index < -0.39 is 0 Å². The van der Waals surface area contributed by atoms with Gasteiger partial charge in [-0.3, -0.25) is 0 Å². The quantitative estimate of drug-likeness (QED) is 0.249. The van der Waals surface area contributed by atoms with Gasteiger partial charge in [-0.2, -0.15) is 0 Å². The number of benzene rings is 1. The third-order valence-corrected chi connectivity index (χ3v) is 3.01. The third-order valence-electron chi connectivity index (χ3n) is 2.10. The fraction of sp³-hybridized carbons (Fsp3) is 0.200. The normalized spacial score (nSPS) is 12.2. The van der Waals surface area contributed by atoms with Crippen molar-refractivity contribution in [1.82, 2.24) is 9.97 Å². The maximum absolute atomic E-state index is 8.41. The van der Waals surface area contributed by atoms with Crippen LogP contribution in [0.15, 0.2) is 28.5 Å². The molecule has 0 saturated carbocycles. The van der Waals surface area contributed by atoms with Crippen molar-refractivity contribution in [2.75, 3.05) is 5.75 Å². The second kappa shape index (κ2) is 4.44. The average Bonchev–Trinajstić information content (AvgIpc) is 2.67. The minimum absolute atomic E-state index is 0.182. The highest BCUT2D eigenvalue weighted by Gasteiger charge is 2.04. The van der Waals surface area contributed by atoms with Crippen LogP contribution in [-0.4, -0.2) is 26.8 Å². The molecular weight excluding hydrogens is 224 g/mol. The molecule has 0 radical (unpaired) electrons. The molecule has 0 bridgehead atoms. The van der Waals surface area contributed by atoms with Crippen molar-refractivity contribution in [2.45, 2.75) is 12.1 Å². The molecule has 84 valence electrons. The molecular formula is C10H12N4OS. The summed E-state index contributed by atoms with van der Waals surface area (Å²) in [5, 5.41) is 12.1. The monoisotopic (exact) mass is 236 g/mol. The smallest absolute Gasteiger partial charge is 0.166 e. The molecule has 5 nitrogen and oxygen atoms in total. The van der Waals surface area contributed by atoms with Gasteiger partial charge in [0.1, 0.15) is 5.84 Å². The molecule has 2 rings (SSSR count). The zero-order valence-corrected chi connectivity index (χ0v) is 9.58. The molecule has 0 aliphatic heterocycles. The Balaban J connectivity index is 2.20. The highest BCUT2D eigenvalue weighted by atomic mass is 32.2. The van der Waals surface area contributed by atoms with Gasteiger partial charge < -0.3 is 15.9 Å². The second-order valence-electron chi connectivity index (χ2n) is 3.44. The van der Waals surface area contributed by atoms with Gasteiger partial charge in [-0.05, 0) is 24.6 Å². The minimum Gasteiger partial charge on any atom is -0.409 e. The maximum atomic E-state index is 8.41. The summed E-state index contributed by atoms with van der Waals surface area (Å²) in [6, 6.07) is 6.02. The molecule has 2 aromatic rings. The number of thioether (sulfide) groups is 1. The molecule has 0 fully saturated rings. The van der Waals surface area contributed by atoms with Crippen LogP contribution in [0, 0.1) is 6.92 Å². The molecule has 1 aromatic carbocycles. The van der Waals surface area contributed by atoms with E-state index >= 15 is 0 Å². The fourth-order valence-corrected chi connectivity index (χ4v) is 2.03. The summed E-state index contributed by atoms with van der Waals surface area (Å²) in [7, 11) is 0. The number of H-pyrrole nitrogens is 1. The lowest BCUT2D eigenvalue weighted by Crippen LogP contribution is -2.14. The standard InChI is InChI=1S/C10H12N4OS/c1-6-2-3-7-8(4-6)13-10(12-7)16-5-9(11)14-15/h2-4,15H,5H2,1H3,(H2,11,14)(H,12,13). The topological polar surface area (TPSA) is 87.3 Å². The van der Waals surface area contributed by atoms with Crippen molar-refractivity contribution in [3.05, 3.63) is 23.8 Å². The van der Waals surface area contributed by atoms with E-state index in [-0.39, 0.29) is 5.84 Å². The number of amidine groups is 1. The van der Waals surface area contributed by atoms with Crippen molar-refractivity contribution in [2.24, 2.45) is 10.9 Å². The number of imidazole rings is 1. The lowest BCUT2D eigenvalue weighted by molar-refractivity contribution is 0.318. The van der Waals surface area contributed by atoms with Gasteiger partial charge in [0, 0.05) is 0 Å². The summed E-state index contributed by atoms with van der Waals surface area (Å²) >= 11 is 1.40.